The van der Waals surface area contributed by atoms with Gasteiger partial charge in [-0.2, -0.15) is 0 Å². The van der Waals surface area contributed by atoms with Crippen LogP contribution in [-0.4, -0.2) is 46.7 Å². The molecule has 28 heavy (non-hydrogen) atoms. The Morgan fingerprint density at radius 2 is 1.96 bits per heavy atom. The minimum absolute atomic E-state index is 0.0548. The third kappa shape index (κ3) is 3.51. The summed E-state index contributed by atoms with van der Waals surface area (Å²) < 4.78 is 16.6. The van der Waals surface area contributed by atoms with Crippen LogP contribution in [0.4, 0.5) is 10.1 Å². The van der Waals surface area contributed by atoms with Crippen molar-refractivity contribution in [2.75, 3.05) is 25.5 Å². The average molecular weight is 387 g/mol. The molecule has 1 unspecified atom stereocenters. The van der Waals surface area contributed by atoms with Crippen molar-refractivity contribution in [3.05, 3.63) is 39.9 Å². The van der Waals surface area contributed by atoms with Crippen LogP contribution in [0.1, 0.15) is 54.9 Å². The van der Waals surface area contributed by atoms with Crippen LogP contribution in [0.15, 0.2) is 23.1 Å². The van der Waals surface area contributed by atoms with Crippen molar-refractivity contribution in [1.29, 1.82) is 0 Å². The van der Waals surface area contributed by atoms with E-state index in [1.165, 1.54) is 18.7 Å². The van der Waals surface area contributed by atoms with Crippen LogP contribution in [-0.2, 0) is 0 Å². The molecule has 0 bridgehead atoms. The standard InChI is InChI=1S/C21H26FN3O3/c1-24-8-7-14(11-24)25-12-16(21(27)28)20(26)15-9-17(22)18(10-19(15)25)23-13-5-3-2-4-6-13/h9-10,12-14,23H,2-8,11H2,1H3,(H,27,28). The number of benzene rings is 1. The number of carboxylic acid groups (broad SMARTS) is 1. The molecule has 0 spiro atoms. The van der Waals surface area contributed by atoms with Gasteiger partial charge in [-0.15, -0.1) is 0 Å². The van der Waals surface area contributed by atoms with E-state index in [2.05, 4.69) is 10.2 Å². The molecule has 150 valence electrons. The van der Waals surface area contributed by atoms with Crippen LogP contribution in [0.25, 0.3) is 10.9 Å². The lowest BCUT2D eigenvalue weighted by atomic mass is 9.95. The highest BCUT2D eigenvalue weighted by Crippen LogP contribution is 2.30. The Labute approximate surface area is 163 Å². The van der Waals surface area contributed by atoms with Crippen LogP contribution in [0, 0.1) is 5.82 Å². The first-order valence-electron chi connectivity index (χ1n) is 10.0. The number of rotatable bonds is 4. The Hall–Kier alpha value is -2.41. The third-order valence-corrected chi connectivity index (χ3v) is 6.08. The maximum absolute atomic E-state index is 14.8. The van der Waals surface area contributed by atoms with E-state index >= 15 is 0 Å². The lowest BCUT2D eigenvalue weighted by Gasteiger charge is -2.25. The van der Waals surface area contributed by atoms with Gasteiger partial charge in [-0.1, -0.05) is 19.3 Å². The van der Waals surface area contributed by atoms with Crippen molar-refractivity contribution < 1.29 is 14.3 Å². The average Bonchev–Trinajstić information content (AvgIpc) is 3.10. The zero-order chi connectivity index (χ0) is 19.8. The number of anilines is 1. The Kier molecular flexibility index (Phi) is 5.10. The number of fused-ring (bicyclic) bond motifs is 1. The second kappa shape index (κ2) is 7.54. The number of aromatic nitrogens is 1. The molecule has 0 radical (unpaired) electrons. The Bertz CT molecular complexity index is 966. The maximum atomic E-state index is 14.8. The third-order valence-electron chi connectivity index (χ3n) is 6.08. The van der Waals surface area contributed by atoms with E-state index in [1.807, 2.05) is 11.6 Å². The fourth-order valence-electron chi connectivity index (χ4n) is 4.54. The van der Waals surface area contributed by atoms with Gasteiger partial charge in [0.2, 0.25) is 5.43 Å². The van der Waals surface area contributed by atoms with Crippen molar-refractivity contribution in [3.63, 3.8) is 0 Å². The summed E-state index contributed by atoms with van der Waals surface area (Å²) in [5.74, 6) is -1.79. The summed E-state index contributed by atoms with van der Waals surface area (Å²) in [6.07, 6.45) is 7.79. The number of likely N-dealkylation sites (N-methyl/N-ethyl adjacent to an activating group) is 1. The predicted octanol–water partition coefficient (Wildman–Crippen LogP) is 3.46. The van der Waals surface area contributed by atoms with Gasteiger partial charge < -0.3 is 19.9 Å². The molecule has 2 aromatic rings. The van der Waals surface area contributed by atoms with Gasteiger partial charge >= 0.3 is 5.97 Å². The van der Waals surface area contributed by atoms with E-state index in [0.717, 1.165) is 45.2 Å². The van der Waals surface area contributed by atoms with E-state index in [4.69, 9.17) is 0 Å². The number of carbonyl (C=O) groups is 1. The number of hydrogen-bond donors (Lipinski definition) is 2. The molecule has 2 N–H and O–H groups in total. The number of halogens is 1. The number of carboxylic acids is 1. The molecule has 1 aromatic carbocycles. The quantitative estimate of drug-likeness (QED) is 0.840. The number of hydrogen-bond acceptors (Lipinski definition) is 4. The second-order valence-electron chi connectivity index (χ2n) is 8.12. The molecular formula is C21H26FN3O3. The van der Waals surface area contributed by atoms with Crippen LogP contribution < -0.4 is 10.7 Å². The molecule has 6 nitrogen and oxygen atoms in total. The summed E-state index contributed by atoms with van der Waals surface area (Å²) in [4.78, 5) is 26.4. The van der Waals surface area contributed by atoms with E-state index in [0.29, 0.717) is 11.2 Å². The molecule has 4 rings (SSSR count). The van der Waals surface area contributed by atoms with E-state index in [-0.39, 0.29) is 23.0 Å². The van der Waals surface area contributed by atoms with E-state index in [9.17, 15) is 19.1 Å². The first kappa shape index (κ1) is 18.9. The van der Waals surface area contributed by atoms with Crippen LogP contribution in [0.3, 0.4) is 0 Å². The highest BCUT2D eigenvalue weighted by atomic mass is 19.1. The zero-order valence-corrected chi connectivity index (χ0v) is 16.1. The molecule has 2 fully saturated rings. The number of nitrogens with zero attached hydrogens (tertiary/aromatic N) is 2. The largest absolute Gasteiger partial charge is 0.477 e. The van der Waals surface area contributed by atoms with E-state index in [1.54, 1.807) is 6.07 Å². The second-order valence-corrected chi connectivity index (χ2v) is 8.12. The lowest BCUT2D eigenvalue weighted by molar-refractivity contribution is 0.0694. The Balaban J connectivity index is 1.84. The van der Waals surface area contributed by atoms with Crippen molar-refractivity contribution in [2.24, 2.45) is 0 Å². The van der Waals surface area contributed by atoms with Gasteiger partial charge in [0.05, 0.1) is 11.2 Å². The predicted molar refractivity (Wildman–Crippen MR) is 107 cm³/mol. The van der Waals surface area contributed by atoms with Gasteiger partial charge in [0.15, 0.2) is 0 Å². The minimum atomic E-state index is -1.28. The summed E-state index contributed by atoms with van der Waals surface area (Å²) in [5, 5.41) is 12.9. The molecule has 0 amide bonds. The minimum Gasteiger partial charge on any atom is -0.477 e. The fraction of sp³-hybridized carbons (Fsp3) is 0.524. The molecule has 2 heterocycles. The lowest BCUT2D eigenvalue weighted by Crippen LogP contribution is -2.25. The van der Waals surface area contributed by atoms with Crippen LogP contribution >= 0.6 is 0 Å². The first-order valence-corrected chi connectivity index (χ1v) is 10.0. The van der Waals surface area contributed by atoms with Crippen LogP contribution in [0.2, 0.25) is 0 Å². The summed E-state index contributed by atoms with van der Waals surface area (Å²) in [7, 11) is 2.01. The molecule has 1 atom stereocenters. The molecule has 7 heteroatoms. The van der Waals surface area contributed by atoms with Crippen LogP contribution in [0.5, 0.6) is 0 Å². The molecule has 1 aliphatic carbocycles. The maximum Gasteiger partial charge on any atom is 0.341 e. The summed E-state index contributed by atoms with van der Waals surface area (Å²) in [6.45, 7) is 1.66. The molecule has 1 saturated heterocycles. The molecule has 1 saturated carbocycles. The van der Waals surface area contributed by atoms with Crippen molar-refractivity contribution in [2.45, 2.75) is 50.6 Å². The topological polar surface area (TPSA) is 74.6 Å². The first-order chi connectivity index (χ1) is 13.4. The molecule has 2 aliphatic rings. The molecule has 1 aliphatic heterocycles. The van der Waals surface area contributed by atoms with Gasteiger partial charge in [-0.3, -0.25) is 4.79 Å². The Morgan fingerprint density at radius 1 is 1.21 bits per heavy atom. The highest BCUT2D eigenvalue weighted by molar-refractivity contribution is 5.93. The SMILES string of the molecule is CN1CCC(n2cc(C(=O)O)c(=O)c3cc(F)c(NC4CCCCC4)cc32)C1. The molecule has 1 aromatic heterocycles. The zero-order valence-electron chi connectivity index (χ0n) is 16.1. The highest BCUT2D eigenvalue weighted by Gasteiger charge is 2.25. The Morgan fingerprint density at radius 3 is 2.61 bits per heavy atom. The van der Waals surface area contributed by atoms with Gasteiger partial charge in [0, 0.05) is 30.2 Å². The number of likely N-dealkylation sites (tertiary alicyclic amines) is 1. The summed E-state index contributed by atoms with van der Waals surface area (Å²) in [6, 6.07) is 3.17. The van der Waals surface area contributed by atoms with Crippen molar-refractivity contribution in [3.8, 4) is 0 Å². The summed E-state index contributed by atoms with van der Waals surface area (Å²) >= 11 is 0. The number of nitrogens with one attached hydrogen (secondary N) is 1. The molecular weight excluding hydrogens is 361 g/mol. The summed E-state index contributed by atoms with van der Waals surface area (Å²) in [5.41, 5.74) is 0.0413. The van der Waals surface area contributed by atoms with Crippen molar-refractivity contribution in [1.82, 2.24) is 9.47 Å². The van der Waals surface area contributed by atoms with Crippen molar-refractivity contribution >= 4 is 22.6 Å². The van der Waals surface area contributed by atoms with Gasteiger partial charge in [-0.25, -0.2) is 9.18 Å². The smallest absolute Gasteiger partial charge is 0.341 e. The normalized spacial score (nSPS) is 21.3. The monoisotopic (exact) mass is 387 g/mol. The fourth-order valence-corrected chi connectivity index (χ4v) is 4.54. The number of aromatic carboxylic acids is 1. The number of pyridine rings is 1. The van der Waals surface area contributed by atoms with Gasteiger partial charge in [0.25, 0.3) is 0 Å². The van der Waals surface area contributed by atoms with Gasteiger partial charge in [-0.05, 0) is 45.0 Å². The van der Waals surface area contributed by atoms with Gasteiger partial charge in [0.1, 0.15) is 11.4 Å². The van der Waals surface area contributed by atoms with E-state index < -0.39 is 17.2 Å².